The van der Waals surface area contributed by atoms with Gasteiger partial charge in [-0.1, -0.05) is 20.8 Å². The van der Waals surface area contributed by atoms with Crippen LogP contribution in [0.15, 0.2) is 0 Å². The molecule has 1 aliphatic rings. The van der Waals surface area contributed by atoms with E-state index in [2.05, 4.69) is 0 Å². The molecule has 4 atom stereocenters. The second kappa shape index (κ2) is 3.53. The lowest BCUT2D eigenvalue weighted by molar-refractivity contribution is -0.0638. The summed E-state index contributed by atoms with van der Waals surface area (Å²) in [6, 6.07) is 0. The molecule has 2 unspecified atom stereocenters. The highest BCUT2D eigenvalue weighted by atomic mass is 16.6. The summed E-state index contributed by atoms with van der Waals surface area (Å²) in [7, 11) is 0. The predicted octanol–water partition coefficient (Wildman–Crippen LogP) is -0.486. The second-order valence-corrected chi connectivity index (χ2v) is 4.62. The van der Waals surface area contributed by atoms with Crippen LogP contribution in [0.3, 0.4) is 0 Å². The fraction of sp³-hybridized carbons (Fsp3) is 1.00. The van der Waals surface area contributed by atoms with Crippen LogP contribution in [0.5, 0.6) is 0 Å². The highest BCUT2D eigenvalue weighted by Gasteiger charge is 2.47. The van der Waals surface area contributed by atoms with E-state index in [-0.39, 0.29) is 12.0 Å². The Bertz CT molecular complexity index is 175. The van der Waals surface area contributed by atoms with Crippen molar-refractivity contribution in [1.29, 1.82) is 0 Å². The van der Waals surface area contributed by atoms with Crippen molar-refractivity contribution in [2.45, 2.75) is 45.2 Å². The lowest BCUT2D eigenvalue weighted by Crippen LogP contribution is -2.39. The predicted molar refractivity (Wildman–Crippen MR) is 47.2 cm³/mol. The minimum atomic E-state index is -0.978. The Labute approximate surface area is 78.1 Å². The van der Waals surface area contributed by atoms with E-state index in [1.165, 1.54) is 0 Å². The van der Waals surface area contributed by atoms with Crippen LogP contribution in [0.1, 0.15) is 20.8 Å². The molecule has 0 aliphatic carbocycles. The Hall–Kier alpha value is -0.160. The van der Waals surface area contributed by atoms with E-state index in [4.69, 9.17) is 9.84 Å². The monoisotopic (exact) mass is 190 g/mol. The van der Waals surface area contributed by atoms with E-state index in [1.54, 1.807) is 0 Å². The molecule has 0 aromatic heterocycles. The van der Waals surface area contributed by atoms with Crippen LogP contribution < -0.4 is 0 Å². The van der Waals surface area contributed by atoms with Crippen LogP contribution in [0.4, 0.5) is 0 Å². The molecule has 0 amide bonds. The maximum Gasteiger partial charge on any atom is 0.111 e. The molecule has 0 spiro atoms. The van der Waals surface area contributed by atoms with E-state index < -0.39 is 24.4 Å². The van der Waals surface area contributed by atoms with Crippen LogP contribution in [0.25, 0.3) is 0 Å². The molecule has 1 rings (SSSR count). The minimum Gasteiger partial charge on any atom is -0.394 e. The van der Waals surface area contributed by atoms with Crippen molar-refractivity contribution in [1.82, 2.24) is 0 Å². The van der Waals surface area contributed by atoms with Crippen LogP contribution in [-0.2, 0) is 4.74 Å². The largest absolute Gasteiger partial charge is 0.394 e. The van der Waals surface area contributed by atoms with Gasteiger partial charge in [0.25, 0.3) is 0 Å². The molecule has 1 saturated heterocycles. The Morgan fingerprint density at radius 1 is 1.15 bits per heavy atom. The third-order valence-electron chi connectivity index (χ3n) is 2.40. The Balaban J connectivity index is 2.71. The normalized spacial score (nSPS) is 41.1. The minimum absolute atomic E-state index is 0.232. The number of aliphatic hydroxyl groups is 3. The van der Waals surface area contributed by atoms with Gasteiger partial charge in [-0.15, -0.1) is 0 Å². The van der Waals surface area contributed by atoms with E-state index >= 15 is 0 Å². The molecule has 78 valence electrons. The standard InChI is InChI=1S/C9H18O4/c1-9(2,3)8-7(12)6(11)5(4-10)13-8/h5-8,10-12H,4H2,1-3H3/t5-,6?,7?,8+/m1/s1. The molecule has 13 heavy (non-hydrogen) atoms. The Morgan fingerprint density at radius 2 is 1.69 bits per heavy atom. The number of hydrogen-bond acceptors (Lipinski definition) is 4. The molecule has 1 aliphatic heterocycles. The van der Waals surface area contributed by atoms with Gasteiger partial charge < -0.3 is 20.1 Å². The number of aliphatic hydroxyl groups excluding tert-OH is 3. The Kier molecular flexibility index (Phi) is 2.97. The second-order valence-electron chi connectivity index (χ2n) is 4.62. The molecule has 0 bridgehead atoms. The van der Waals surface area contributed by atoms with Gasteiger partial charge in [0.15, 0.2) is 0 Å². The molecular weight excluding hydrogens is 172 g/mol. The van der Waals surface area contributed by atoms with Crippen LogP contribution in [0.2, 0.25) is 0 Å². The SMILES string of the molecule is CC(C)(C)[C@H]1O[C@H](CO)C(O)C1O. The number of ether oxygens (including phenoxy) is 1. The summed E-state index contributed by atoms with van der Waals surface area (Å²) in [5.41, 5.74) is -0.232. The maximum atomic E-state index is 9.61. The summed E-state index contributed by atoms with van der Waals surface area (Å²) < 4.78 is 5.35. The molecule has 0 aromatic rings. The molecule has 1 fully saturated rings. The quantitative estimate of drug-likeness (QED) is 0.522. The highest BCUT2D eigenvalue weighted by Crippen LogP contribution is 2.33. The molecule has 4 heteroatoms. The van der Waals surface area contributed by atoms with Crippen molar-refractivity contribution in [3.05, 3.63) is 0 Å². The summed E-state index contributed by atoms with van der Waals surface area (Å²) in [5, 5.41) is 27.9. The van der Waals surface area contributed by atoms with Gasteiger partial charge in [-0.25, -0.2) is 0 Å². The van der Waals surface area contributed by atoms with E-state index in [1.807, 2.05) is 20.8 Å². The fourth-order valence-corrected chi connectivity index (χ4v) is 1.62. The zero-order valence-electron chi connectivity index (χ0n) is 8.27. The Morgan fingerprint density at radius 3 is 1.92 bits per heavy atom. The summed E-state index contributed by atoms with van der Waals surface area (Å²) in [6.45, 7) is 5.51. The molecule has 0 saturated carbocycles. The topological polar surface area (TPSA) is 69.9 Å². The average molecular weight is 190 g/mol. The first-order valence-electron chi connectivity index (χ1n) is 4.50. The van der Waals surface area contributed by atoms with Gasteiger partial charge in [0, 0.05) is 0 Å². The van der Waals surface area contributed by atoms with Crippen molar-refractivity contribution in [3.63, 3.8) is 0 Å². The third-order valence-corrected chi connectivity index (χ3v) is 2.40. The van der Waals surface area contributed by atoms with Gasteiger partial charge in [0.2, 0.25) is 0 Å². The average Bonchev–Trinajstić information content (AvgIpc) is 2.28. The first-order valence-corrected chi connectivity index (χ1v) is 4.50. The van der Waals surface area contributed by atoms with Gasteiger partial charge >= 0.3 is 0 Å². The van der Waals surface area contributed by atoms with Crippen molar-refractivity contribution in [2.75, 3.05) is 6.61 Å². The third kappa shape index (κ3) is 2.02. The fourth-order valence-electron chi connectivity index (χ4n) is 1.62. The van der Waals surface area contributed by atoms with Gasteiger partial charge in [-0.05, 0) is 5.41 Å². The van der Waals surface area contributed by atoms with Crippen molar-refractivity contribution in [2.24, 2.45) is 5.41 Å². The number of hydrogen-bond donors (Lipinski definition) is 3. The van der Waals surface area contributed by atoms with Gasteiger partial charge in [0.05, 0.1) is 12.7 Å². The van der Waals surface area contributed by atoms with Crippen molar-refractivity contribution in [3.8, 4) is 0 Å². The molecule has 4 nitrogen and oxygen atoms in total. The summed E-state index contributed by atoms with van der Waals surface area (Å²) in [5.74, 6) is 0. The van der Waals surface area contributed by atoms with Gasteiger partial charge in [0.1, 0.15) is 18.3 Å². The zero-order valence-corrected chi connectivity index (χ0v) is 8.27. The first-order chi connectivity index (χ1) is 5.88. The van der Waals surface area contributed by atoms with Gasteiger partial charge in [-0.2, -0.15) is 0 Å². The smallest absolute Gasteiger partial charge is 0.111 e. The molecule has 3 N–H and O–H groups in total. The zero-order chi connectivity index (χ0) is 10.2. The number of rotatable bonds is 1. The van der Waals surface area contributed by atoms with Gasteiger partial charge in [-0.3, -0.25) is 0 Å². The van der Waals surface area contributed by atoms with Crippen LogP contribution >= 0.6 is 0 Å². The van der Waals surface area contributed by atoms with E-state index in [0.29, 0.717) is 0 Å². The molecule has 1 heterocycles. The highest BCUT2D eigenvalue weighted by molar-refractivity contribution is 4.95. The molecule has 0 radical (unpaired) electrons. The van der Waals surface area contributed by atoms with Crippen molar-refractivity contribution < 1.29 is 20.1 Å². The summed E-state index contributed by atoms with van der Waals surface area (Å²) in [6.07, 6.45) is -2.95. The van der Waals surface area contributed by atoms with Crippen LogP contribution in [-0.4, -0.2) is 46.3 Å². The maximum absolute atomic E-state index is 9.61. The molecular formula is C9H18O4. The lowest BCUT2D eigenvalue weighted by atomic mass is 9.85. The lowest BCUT2D eigenvalue weighted by Gasteiger charge is -2.28. The molecule has 0 aromatic carbocycles. The summed E-state index contributed by atoms with van der Waals surface area (Å²) in [4.78, 5) is 0. The summed E-state index contributed by atoms with van der Waals surface area (Å²) >= 11 is 0. The van der Waals surface area contributed by atoms with Crippen LogP contribution in [0, 0.1) is 5.41 Å². The van der Waals surface area contributed by atoms with E-state index in [0.717, 1.165) is 0 Å². The van der Waals surface area contributed by atoms with E-state index in [9.17, 15) is 10.2 Å². The first kappa shape index (κ1) is 10.9. The van der Waals surface area contributed by atoms with Crippen molar-refractivity contribution >= 4 is 0 Å².